The van der Waals surface area contributed by atoms with Crippen molar-refractivity contribution in [1.29, 1.82) is 0 Å². The number of esters is 1. The van der Waals surface area contributed by atoms with Gasteiger partial charge in [0.25, 0.3) is 0 Å². The molecule has 0 aromatic heterocycles. The Labute approximate surface area is 155 Å². The molecule has 0 fully saturated rings. The summed E-state index contributed by atoms with van der Waals surface area (Å²) in [6.45, 7) is 6.38. The molecule has 0 aliphatic carbocycles. The van der Waals surface area contributed by atoms with E-state index < -0.39 is 0 Å². The number of rotatable bonds is 14. The van der Waals surface area contributed by atoms with Crippen LogP contribution in [0.15, 0.2) is 60.8 Å². The molecule has 0 spiro atoms. The number of carbonyl (C=O) groups excluding carboxylic acids is 1. The van der Waals surface area contributed by atoms with E-state index in [1.165, 1.54) is 0 Å². The topological polar surface area (TPSA) is 26.3 Å². The maximum atomic E-state index is 11.5. The van der Waals surface area contributed by atoms with Crippen LogP contribution >= 0.6 is 0 Å². The molecular weight excluding hydrogens is 308 g/mol. The Morgan fingerprint density at radius 3 is 1.64 bits per heavy atom. The summed E-state index contributed by atoms with van der Waals surface area (Å²) in [6, 6.07) is 0. The molecule has 1 atom stereocenters. The maximum Gasteiger partial charge on any atom is 0.308 e. The van der Waals surface area contributed by atoms with Crippen molar-refractivity contribution in [2.45, 2.75) is 65.7 Å². The fourth-order valence-corrected chi connectivity index (χ4v) is 2.12. The van der Waals surface area contributed by atoms with Crippen molar-refractivity contribution in [3.63, 3.8) is 0 Å². The van der Waals surface area contributed by atoms with E-state index in [4.69, 9.17) is 4.74 Å². The van der Waals surface area contributed by atoms with Gasteiger partial charge in [0.15, 0.2) is 0 Å². The third kappa shape index (κ3) is 16.8. The van der Waals surface area contributed by atoms with Gasteiger partial charge in [0.2, 0.25) is 0 Å². The molecule has 0 bridgehead atoms. The summed E-state index contributed by atoms with van der Waals surface area (Å²) < 4.78 is 5.00. The zero-order valence-corrected chi connectivity index (χ0v) is 16.3. The molecule has 1 unspecified atom stereocenters. The molecule has 0 radical (unpaired) electrons. The summed E-state index contributed by atoms with van der Waals surface area (Å²) in [6.07, 6.45) is 28.8. The first-order valence-electron chi connectivity index (χ1n) is 9.63. The monoisotopic (exact) mass is 344 g/mol. The summed E-state index contributed by atoms with van der Waals surface area (Å²) in [5.74, 6) is -0.100. The fraction of sp³-hybridized carbons (Fsp3) is 0.522. The van der Waals surface area contributed by atoms with Crippen molar-refractivity contribution in [2.24, 2.45) is 5.92 Å². The van der Waals surface area contributed by atoms with Crippen molar-refractivity contribution in [3.8, 4) is 0 Å². The summed E-state index contributed by atoms with van der Waals surface area (Å²) in [5.41, 5.74) is 0. The van der Waals surface area contributed by atoms with Gasteiger partial charge in [0.1, 0.15) is 0 Å². The van der Waals surface area contributed by atoms with Crippen LogP contribution in [0.5, 0.6) is 0 Å². The standard InChI is InChI=1S/C23H36O2/c1-4-6-7-8-9-10-11-12-13-14-15-16-17-18-19-20-21-22(3)23(24)25-5-2/h6-7,9-10,12-13,15-16,18-19,22H,4-5,8,11,14,17,20-21H2,1-3H3. The molecule has 0 N–H and O–H groups in total. The Balaban J connectivity index is 3.60. The van der Waals surface area contributed by atoms with E-state index in [9.17, 15) is 4.79 Å². The number of carbonyl (C=O) groups is 1. The smallest absolute Gasteiger partial charge is 0.308 e. The third-order valence-corrected chi connectivity index (χ3v) is 3.61. The molecule has 0 amide bonds. The second kappa shape index (κ2) is 18.5. The van der Waals surface area contributed by atoms with Crippen LogP contribution in [0.25, 0.3) is 0 Å². The van der Waals surface area contributed by atoms with Gasteiger partial charge < -0.3 is 4.74 Å². The first kappa shape index (κ1) is 23.2. The van der Waals surface area contributed by atoms with Crippen molar-refractivity contribution < 1.29 is 9.53 Å². The summed E-state index contributed by atoms with van der Waals surface area (Å²) in [4.78, 5) is 11.5. The summed E-state index contributed by atoms with van der Waals surface area (Å²) in [5, 5.41) is 0. The molecule has 0 aliphatic heterocycles. The minimum absolute atomic E-state index is 0.0120. The average Bonchev–Trinajstić information content (AvgIpc) is 2.61. The molecule has 2 heteroatoms. The minimum Gasteiger partial charge on any atom is -0.466 e. The predicted octanol–water partition coefficient (Wildman–Crippen LogP) is 6.72. The molecule has 0 saturated heterocycles. The van der Waals surface area contributed by atoms with Crippen LogP contribution in [0.1, 0.15) is 65.7 Å². The first-order chi connectivity index (χ1) is 12.2. The maximum absolute atomic E-state index is 11.5. The fourth-order valence-electron chi connectivity index (χ4n) is 2.12. The molecule has 0 rings (SSSR count). The van der Waals surface area contributed by atoms with Crippen LogP contribution < -0.4 is 0 Å². The molecule has 25 heavy (non-hydrogen) atoms. The van der Waals surface area contributed by atoms with E-state index in [0.29, 0.717) is 6.61 Å². The normalized spacial score (nSPS) is 13.9. The molecule has 0 aliphatic rings. The zero-order valence-electron chi connectivity index (χ0n) is 16.3. The van der Waals surface area contributed by atoms with Crippen LogP contribution in [0.2, 0.25) is 0 Å². The van der Waals surface area contributed by atoms with Crippen LogP contribution in [-0.4, -0.2) is 12.6 Å². The van der Waals surface area contributed by atoms with Crippen molar-refractivity contribution in [3.05, 3.63) is 60.8 Å². The zero-order chi connectivity index (χ0) is 18.6. The predicted molar refractivity (Wildman–Crippen MR) is 109 cm³/mol. The van der Waals surface area contributed by atoms with Gasteiger partial charge in [-0.05, 0) is 51.9 Å². The second-order valence-corrected chi connectivity index (χ2v) is 5.94. The molecule has 2 nitrogen and oxygen atoms in total. The summed E-state index contributed by atoms with van der Waals surface area (Å²) >= 11 is 0. The van der Waals surface area contributed by atoms with Crippen LogP contribution in [0.3, 0.4) is 0 Å². The highest BCUT2D eigenvalue weighted by Crippen LogP contribution is 2.08. The van der Waals surface area contributed by atoms with E-state index in [0.717, 1.165) is 44.9 Å². The molecular formula is C23H36O2. The Morgan fingerprint density at radius 1 is 0.760 bits per heavy atom. The lowest BCUT2D eigenvalue weighted by Crippen LogP contribution is -2.14. The van der Waals surface area contributed by atoms with Gasteiger partial charge in [-0.25, -0.2) is 0 Å². The number of ether oxygens (including phenoxy) is 1. The van der Waals surface area contributed by atoms with E-state index in [1.54, 1.807) is 0 Å². The van der Waals surface area contributed by atoms with Gasteiger partial charge in [-0.1, -0.05) is 74.6 Å². The summed E-state index contributed by atoms with van der Waals surface area (Å²) in [7, 11) is 0. The SMILES string of the molecule is CCC=CCC=CCC=CCC=CCC=CCCC(C)C(=O)OCC. The van der Waals surface area contributed by atoms with Gasteiger partial charge >= 0.3 is 5.97 Å². The van der Waals surface area contributed by atoms with Crippen molar-refractivity contribution >= 4 is 5.97 Å². The van der Waals surface area contributed by atoms with E-state index in [-0.39, 0.29) is 11.9 Å². The highest BCUT2D eigenvalue weighted by molar-refractivity contribution is 5.71. The van der Waals surface area contributed by atoms with Gasteiger partial charge in [-0.3, -0.25) is 4.79 Å². The Hall–Kier alpha value is -1.83. The highest BCUT2D eigenvalue weighted by atomic mass is 16.5. The van der Waals surface area contributed by atoms with Crippen LogP contribution in [0, 0.1) is 5.92 Å². The minimum atomic E-state index is -0.0881. The van der Waals surface area contributed by atoms with E-state index >= 15 is 0 Å². The van der Waals surface area contributed by atoms with E-state index in [2.05, 4.69) is 67.7 Å². The largest absolute Gasteiger partial charge is 0.466 e. The van der Waals surface area contributed by atoms with Crippen molar-refractivity contribution in [2.75, 3.05) is 6.61 Å². The Kier molecular flexibility index (Phi) is 17.2. The lowest BCUT2D eigenvalue weighted by atomic mass is 10.1. The van der Waals surface area contributed by atoms with Crippen LogP contribution in [-0.2, 0) is 9.53 Å². The van der Waals surface area contributed by atoms with Crippen molar-refractivity contribution in [1.82, 2.24) is 0 Å². The molecule has 140 valence electrons. The molecule has 0 saturated carbocycles. The highest BCUT2D eigenvalue weighted by Gasteiger charge is 2.11. The van der Waals surface area contributed by atoms with Gasteiger partial charge in [0, 0.05) is 0 Å². The lowest BCUT2D eigenvalue weighted by molar-refractivity contribution is -0.147. The average molecular weight is 345 g/mol. The Bertz CT molecular complexity index is 453. The lowest BCUT2D eigenvalue weighted by Gasteiger charge is -2.08. The molecule has 0 heterocycles. The third-order valence-electron chi connectivity index (χ3n) is 3.61. The Morgan fingerprint density at radius 2 is 1.20 bits per heavy atom. The first-order valence-corrected chi connectivity index (χ1v) is 9.63. The quantitative estimate of drug-likeness (QED) is 0.258. The number of hydrogen-bond donors (Lipinski definition) is 0. The second-order valence-electron chi connectivity index (χ2n) is 5.94. The van der Waals surface area contributed by atoms with Crippen LogP contribution in [0.4, 0.5) is 0 Å². The van der Waals surface area contributed by atoms with E-state index in [1.807, 2.05) is 13.8 Å². The molecule has 0 aromatic rings. The number of hydrogen-bond acceptors (Lipinski definition) is 2. The van der Waals surface area contributed by atoms with Gasteiger partial charge in [-0.15, -0.1) is 0 Å². The van der Waals surface area contributed by atoms with Gasteiger partial charge in [0.05, 0.1) is 12.5 Å². The molecule has 0 aromatic carbocycles. The van der Waals surface area contributed by atoms with Gasteiger partial charge in [-0.2, -0.15) is 0 Å². The number of allylic oxidation sites excluding steroid dienone is 10.